The van der Waals surface area contributed by atoms with Gasteiger partial charge in [-0.3, -0.25) is 14.6 Å². The number of carbonyl (C=O) groups excluding carboxylic acids is 3. The van der Waals surface area contributed by atoms with Crippen LogP contribution in [0.3, 0.4) is 0 Å². The molecule has 2 heterocycles. The molecule has 0 saturated carbocycles. The second-order valence-electron chi connectivity index (χ2n) is 11.1. The summed E-state index contributed by atoms with van der Waals surface area (Å²) in [6.07, 6.45) is -0.781. The minimum Gasteiger partial charge on any atom is -0.508 e. The molecule has 0 radical (unpaired) electrons. The highest BCUT2D eigenvalue weighted by molar-refractivity contribution is 5.90. The van der Waals surface area contributed by atoms with Gasteiger partial charge in [-0.05, 0) is 87.8 Å². The summed E-state index contributed by atoms with van der Waals surface area (Å²) in [7, 11) is 0. The van der Waals surface area contributed by atoms with Crippen LogP contribution < -0.4 is 5.32 Å². The summed E-state index contributed by atoms with van der Waals surface area (Å²) in [4.78, 5) is 44.5. The van der Waals surface area contributed by atoms with E-state index in [0.29, 0.717) is 37.3 Å². The molecule has 0 aliphatic carbocycles. The third-order valence-corrected chi connectivity index (χ3v) is 6.78. The number of amides is 3. The van der Waals surface area contributed by atoms with Gasteiger partial charge in [0.05, 0.1) is 0 Å². The molecule has 0 spiro atoms. The number of likely N-dealkylation sites (tertiary alicyclic amines) is 1. The fraction of sp³-hybridized carbons (Fsp3) is 0.517. The lowest BCUT2D eigenvalue weighted by Crippen LogP contribution is -2.49. The number of halogens is 3. The molecule has 1 aromatic carbocycles. The van der Waals surface area contributed by atoms with Crippen molar-refractivity contribution in [3.8, 4) is 5.75 Å². The molecule has 1 saturated heterocycles. The number of aromatic nitrogens is 1. The number of pyridine rings is 1. The Balaban J connectivity index is 1.75. The van der Waals surface area contributed by atoms with Crippen LogP contribution in [0.2, 0.25) is 0 Å². The van der Waals surface area contributed by atoms with Crippen LogP contribution in [-0.4, -0.2) is 75.8 Å². The first kappa shape index (κ1) is 31.7. The van der Waals surface area contributed by atoms with Crippen molar-refractivity contribution in [3.05, 3.63) is 59.9 Å². The van der Waals surface area contributed by atoms with Crippen LogP contribution in [0.25, 0.3) is 0 Å². The Labute approximate surface area is 237 Å². The Bertz CT molecular complexity index is 1160. The number of phenols is 1. The summed E-state index contributed by atoms with van der Waals surface area (Å²) < 4.78 is 46.8. The van der Waals surface area contributed by atoms with Crippen molar-refractivity contribution in [1.82, 2.24) is 20.1 Å². The number of piperidine rings is 1. The first-order chi connectivity index (χ1) is 19.2. The number of hydrogen-bond donors (Lipinski definition) is 2. The van der Waals surface area contributed by atoms with Crippen LogP contribution in [-0.2, 0) is 20.7 Å². The zero-order valence-electron chi connectivity index (χ0n) is 23.5. The number of hydrogen-bond acceptors (Lipinski definition) is 6. The number of nitrogens with zero attached hydrogens (tertiary/aromatic N) is 3. The molecule has 2 aromatic rings. The van der Waals surface area contributed by atoms with Crippen LogP contribution in [0.5, 0.6) is 5.75 Å². The number of rotatable bonds is 9. The van der Waals surface area contributed by atoms with Crippen LogP contribution in [0.1, 0.15) is 57.2 Å². The van der Waals surface area contributed by atoms with E-state index in [0.717, 1.165) is 5.56 Å². The van der Waals surface area contributed by atoms with E-state index in [1.807, 2.05) is 0 Å². The van der Waals surface area contributed by atoms with Crippen LogP contribution in [0, 0.1) is 5.92 Å². The van der Waals surface area contributed by atoms with Crippen LogP contribution in [0.4, 0.5) is 18.0 Å². The van der Waals surface area contributed by atoms with Gasteiger partial charge >= 0.3 is 18.2 Å². The first-order valence-corrected chi connectivity index (χ1v) is 13.6. The Hall–Kier alpha value is -3.83. The van der Waals surface area contributed by atoms with E-state index in [2.05, 4.69) is 10.3 Å². The first-order valence-electron chi connectivity index (χ1n) is 13.6. The van der Waals surface area contributed by atoms with Gasteiger partial charge in [-0.2, -0.15) is 13.2 Å². The zero-order chi connectivity index (χ0) is 30.2. The van der Waals surface area contributed by atoms with Crippen molar-refractivity contribution in [2.75, 3.05) is 26.2 Å². The van der Waals surface area contributed by atoms with E-state index in [9.17, 15) is 32.7 Å². The highest BCUT2D eigenvalue weighted by Crippen LogP contribution is 2.31. The van der Waals surface area contributed by atoms with E-state index in [4.69, 9.17) is 4.74 Å². The van der Waals surface area contributed by atoms with E-state index in [-0.39, 0.29) is 36.7 Å². The summed E-state index contributed by atoms with van der Waals surface area (Å²) in [5.41, 5.74) is 0.373. The molecule has 224 valence electrons. The van der Waals surface area contributed by atoms with Gasteiger partial charge in [0.15, 0.2) is 0 Å². The van der Waals surface area contributed by atoms with Gasteiger partial charge in [-0.15, -0.1) is 0 Å². The minimum absolute atomic E-state index is 0.0626. The van der Waals surface area contributed by atoms with Gasteiger partial charge < -0.3 is 25.0 Å². The van der Waals surface area contributed by atoms with E-state index in [1.165, 1.54) is 24.3 Å². The molecule has 9 nitrogen and oxygen atoms in total. The summed E-state index contributed by atoms with van der Waals surface area (Å²) in [6.45, 7) is 5.87. The Kier molecular flexibility index (Phi) is 10.6. The van der Waals surface area contributed by atoms with E-state index in [1.54, 1.807) is 50.2 Å². The van der Waals surface area contributed by atoms with Gasteiger partial charge in [0.2, 0.25) is 5.91 Å². The van der Waals surface area contributed by atoms with Gasteiger partial charge in [-0.1, -0.05) is 12.1 Å². The molecule has 12 heteroatoms. The molecule has 1 unspecified atom stereocenters. The largest absolute Gasteiger partial charge is 0.508 e. The molecule has 3 rings (SSSR count). The summed E-state index contributed by atoms with van der Waals surface area (Å²) in [6, 6.07) is 7.14. The normalized spacial score (nSPS) is 15.2. The van der Waals surface area contributed by atoms with Crippen molar-refractivity contribution >= 4 is 17.9 Å². The number of alkyl halides is 3. The standard InChI is InChI=1S/C29H37F3N4O5/c1-28(2,3)41-27(40)35-17-11-21(12-18-35)13-19-36(26(39)29(30,31)32)24(22-4-6-23(37)7-5-22)25(38)34-16-10-20-8-14-33-15-9-20/h4-9,14-15,21,24,37H,10-13,16-19H2,1-3H3,(H,34,38). The molecular formula is C29H37F3N4O5. The second-order valence-corrected chi connectivity index (χ2v) is 11.1. The monoisotopic (exact) mass is 578 g/mol. The molecule has 41 heavy (non-hydrogen) atoms. The van der Waals surface area contributed by atoms with Gasteiger partial charge in [0, 0.05) is 38.6 Å². The third-order valence-electron chi connectivity index (χ3n) is 6.78. The molecule has 0 bridgehead atoms. The maximum Gasteiger partial charge on any atom is 0.471 e. The number of ether oxygens (including phenoxy) is 1. The minimum atomic E-state index is -5.20. The Morgan fingerprint density at radius 2 is 1.68 bits per heavy atom. The van der Waals surface area contributed by atoms with E-state index < -0.39 is 35.7 Å². The van der Waals surface area contributed by atoms with Crippen molar-refractivity contribution < 1.29 is 37.4 Å². The average Bonchev–Trinajstić information content (AvgIpc) is 2.91. The lowest BCUT2D eigenvalue weighted by molar-refractivity contribution is -0.189. The molecule has 1 atom stereocenters. The lowest BCUT2D eigenvalue weighted by Gasteiger charge is -2.36. The van der Waals surface area contributed by atoms with E-state index >= 15 is 0 Å². The molecule has 1 aliphatic rings. The number of aromatic hydroxyl groups is 1. The van der Waals surface area contributed by atoms with Crippen molar-refractivity contribution in [3.63, 3.8) is 0 Å². The zero-order valence-corrected chi connectivity index (χ0v) is 23.5. The third kappa shape index (κ3) is 9.65. The second kappa shape index (κ2) is 13.7. The summed E-state index contributed by atoms with van der Waals surface area (Å²) >= 11 is 0. The highest BCUT2D eigenvalue weighted by atomic mass is 19.4. The Morgan fingerprint density at radius 1 is 1.07 bits per heavy atom. The predicted octanol–water partition coefficient (Wildman–Crippen LogP) is 4.62. The SMILES string of the molecule is CC(C)(C)OC(=O)N1CCC(CCN(C(=O)C(F)(F)F)C(C(=O)NCCc2ccncc2)c2ccc(O)cc2)CC1. The quantitative estimate of drug-likeness (QED) is 0.449. The fourth-order valence-electron chi connectivity index (χ4n) is 4.67. The number of benzene rings is 1. The average molecular weight is 579 g/mol. The molecule has 1 aliphatic heterocycles. The molecule has 2 N–H and O–H groups in total. The number of carbonyl (C=O) groups is 3. The summed E-state index contributed by atoms with van der Waals surface area (Å²) in [5, 5.41) is 12.4. The topological polar surface area (TPSA) is 112 Å². The number of phenolic OH excluding ortho intramolecular Hbond substituents is 1. The van der Waals surface area contributed by atoms with Crippen molar-refractivity contribution in [2.45, 2.75) is 64.3 Å². The smallest absolute Gasteiger partial charge is 0.471 e. The summed E-state index contributed by atoms with van der Waals surface area (Å²) in [5.74, 6) is -3.07. The number of nitrogens with one attached hydrogen (secondary N) is 1. The molecule has 1 aromatic heterocycles. The maximum atomic E-state index is 13.8. The van der Waals surface area contributed by atoms with Gasteiger partial charge in [0.1, 0.15) is 17.4 Å². The van der Waals surface area contributed by atoms with Gasteiger partial charge in [0.25, 0.3) is 0 Å². The van der Waals surface area contributed by atoms with Crippen LogP contribution in [0.15, 0.2) is 48.8 Å². The molecular weight excluding hydrogens is 541 g/mol. The predicted molar refractivity (Wildman–Crippen MR) is 145 cm³/mol. The lowest BCUT2D eigenvalue weighted by atomic mass is 9.92. The Morgan fingerprint density at radius 3 is 2.24 bits per heavy atom. The highest BCUT2D eigenvalue weighted by Gasteiger charge is 2.46. The van der Waals surface area contributed by atoms with Crippen molar-refractivity contribution in [2.24, 2.45) is 5.92 Å². The van der Waals surface area contributed by atoms with Gasteiger partial charge in [-0.25, -0.2) is 4.79 Å². The van der Waals surface area contributed by atoms with Crippen LogP contribution >= 0.6 is 0 Å². The molecule has 1 fully saturated rings. The maximum absolute atomic E-state index is 13.8. The fourth-order valence-corrected chi connectivity index (χ4v) is 4.67. The van der Waals surface area contributed by atoms with Crippen molar-refractivity contribution in [1.29, 1.82) is 0 Å². The molecule has 3 amide bonds.